The molecule has 180 valence electrons. The van der Waals surface area contributed by atoms with Gasteiger partial charge >= 0.3 is 0 Å². The number of morpholine rings is 1. The molecular weight excluding hydrogens is 449 g/mol. The number of benzene rings is 1. The molecule has 2 saturated heterocycles. The zero-order valence-electron chi connectivity index (χ0n) is 18.8. The van der Waals surface area contributed by atoms with Gasteiger partial charge in [-0.25, -0.2) is 0 Å². The summed E-state index contributed by atoms with van der Waals surface area (Å²) in [4.78, 5) is 16.1. The quantitative estimate of drug-likeness (QED) is 0.686. The molecule has 0 bridgehead atoms. The Kier molecular flexibility index (Phi) is 9.10. The Balaban J connectivity index is 0.00000144. The van der Waals surface area contributed by atoms with Crippen LogP contribution in [-0.2, 0) is 22.5 Å². The summed E-state index contributed by atoms with van der Waals surface area (Å²) in [6, 6.07) is 6.97. The highest BCUT2D eigenvalue weighted by atomic mass is 35.5. The van der Waals surface area contributed by atoms with E-state index in [2.05, 4.69) is 33.7 Å². The van der Waals surface area contributed by atoms with Crippen LogP contribution in [-0.4, -0.2) is 62.8 Å². The average Bonchev–Trinajstić information content (AvgIpc) is 2.82. The SMILES string of the molecule is Cl.Cl.O=C(NCc1ccc2c(c1)CCCO2)[C@@]12CC[C@@H](N3CCOCC3)C[C@H]1CCNC2. The number of carbonyl (C=O) groups is 1. The predicted molar refractivity (Wildman–Crippen MR) is 130 cm³/mol. The fourth-order valence-electron chi connectivity index (χ4n) is 6.05. The number of halogens is 2. The number of amides is 1. The Morgan fingerprint density at radius 3 is 2.88 bits per heavy atom. The number of nitrogens with zero attached hydrogens (tertiary/aromatic N) is 1. The first-order chi connectivity index (χ1) is 14.7. The number of aryl methyl sites for hydroxylation is 1. The normalized spacial score (nSPS) is 29.9. The van der Waals surface area contributed by atoms with Gasteiger partial charge in [0.25, 0.3) is 0 Å². The molecule has 8 heteroatoms. The van der Waals surface area contributed by atoms with Gasteiger partial charge in [0.15, 0.2) is 0 Å². The molecule has 5 rings (SSSR count). The predicted octanol–water partition coefficient (Wildman–Crippen LogP) is 2.95. The standard InChI is InChI=1S/C24H35N3O3.2ClH/c28-23(26-16-18-3-4-22-19(14-18)2-1-11-30-22)24-7-5-21(27-9-12-29-13-10-27)15-20(24)6-8-25-17-24;;/h3-4,14,20-21,25H,1-2,5-13,15-17H2,(H,26,28);2*1H/t20-,21-,24-;;/m1../s1. The lowest BCUT2D eigenvalue weighted by molar-refractivity contribution is -0.140. The number of piperidine rings is 1. The summed E-state index contributed by atoms with van der Waals surface area (Å²) in [6.07, 6.45) is 6.48. The van der Waals surface area contributed by atoms with Gasteiger partial charge in [-0.05, 0) is 68.2 Å². The highest BCUT2D eigenvalue weighted by molar-refractivity contribution is 5.85. The van der Waals surface area contributed by atoms with Crippen molar-refractivity contribution in [3.8, 4) is 5.75 Å². The molecule has 3 atom stereocenters. The summed E-state index contributed by atoms with van der Waals surface area (Å²) >= 11 is 0. The Labute approximate surface area is 204 Å². The first kappa shape index (κ1) is 25.6. The monoisotopic (exact) mass is 485 g/mol. The first-order valence-electron chi connectivity index (χ1n) is 11.8. The van der Waals surface area contributed by atoms with Gasteiger partial charge in [0, 0.05) is 32.2 Å². The molecule has 1 aromatic rings. The van der Waals surface area contributed by atoms with Gasteiger partial charge in [-0.1, -0.05) is 12.1 Å². The highest BCUT2D eigenvalue weighted by Crippen LogP contribution is 2.46. The number of hydrogen-bond acceptors (Lipinski definition) is 5. The highest BCUT2D eigenvalue weighted by Gasteiger charge is 2.50. The molecule has 0 aromatic heterocycles. The summed E-state index contributed by atoms with van der Waals surface area (Å²) in [5, 5.41) is 6.83. The van der Waals surface area contributed by atoms with Crippen molar-refractivity contribution in [1.29, 1.82) is 0 Å². The van der Waals surface area contributed by atoms with Gasteiger partial charge in [-0.3, -0.25) is 9.69 Å². The van der Waals surface area contributed by atoms with Gasteiger partial charge < -0.3 is 20.1 Å². The molecule has 3 aliphatic heterocycles. The molecule has 1 aliphatic carbocycles. The second-order valence-electron chi connectivity index (χ2n) is 9.47. The molecular formula is C24H37Cl2N3O3. The van der Waals surface area contributed by atoms with Crippen LogP contribution in [0.4, 0.5) is 0 Å². The minimum atomic E-state index is -0.252. The summed E-state index contributed by atoms with van der Waals surface area (Å²) < 4.78 is 11.3. The third-order valence-corrected chi connectivity index (χ3v) is 7.81. The largest absolute Gasteiger partial charge is 0.493 e. The smallest absolute Gasteiger partial charge is 0.228 e. The Hall–Kier alpha value is -1.05. The fourth-order valence-corrected chi connectivity index (χ4v) is 6.05. The molecule has 6 nitrogen and oxygen atoms in total. The van der Waals surface area contributed by atoms with Gasteiger partial charge in [0.1, 0.15) is 5.75 Å². The van der Waals surface area contributed by atoms with E-state index in [0.29, 0.717) is 18.5 Å². The summed E-state index contributed by atoms with van der Waals surface area (Å²) in [6.45, 7) is 7.03. The molecule has 32 heavy (non-hydrogen) atoms. The van der Waals surface area contributed by atoms with Crippen molar-refractivity contribution in [1.82, 2.24) is 15.5 Å². The molecule has 0 spiro atoms. The van der Waals surface area contributed by atoms with Gasteiger partial charge in [-0.15, -0.1) is 24.8 Å². The zero-order chi connectivity index (χ0) is 20.4. The van der Waals surface area contributed by atoms with E-state index in [1.807, 2.05) is 0 Å². The number of nitrogens with one attached hydrogen (secondary N) is 2. The maximum absolute atomic E-state index is 13.5. The minimum Gasteiger partial charge on any atom is -0.493 e. The van der Waals surface area contributed by atoms with Crippen LogP contribution in [0.15, 0.2) is 18.2 Å². The molecule has 1 amide bonds. The van der Waals surface area contributed by atoms with E-state index < -0.39 is 0 Å². The summed E-state index contributed by atoms with van der Waals surface area (Å²) in [7, 11) is 0. The van der Waals surface area contributed by atoms with Crippen LogP contribution in [0.3, 0.4) is 0 Å². The molecule has 3 heterocycles. The number of ether oxygens (including phenoxy) is 2. The fraction of sp³-hybridized carbons (Fsp3) is 0.708. The summed E-state index contributed by atoms with van der Waals surface area (Å²) in [5.41, 5.74) is 2.19. The second kappa shape index (κ2) is 11.4. The maximum atomic E-state index is 13.5. The van der Waals surface area contributed by atoms with E-state index in [-0.39, 0.29) is 36.1 Å². The second-order valence-corrected chi connectivity index (χ2v) is 9.47. The van der Waals surface area contributed by atoms with Crippen molar-refractivity contribution in [3.63, 3.8) is 0 Å². The third-order valence-electron chi connectivity index (χ3n) is 7.81. The van der Waals surface area contributed by atoms with E-state index in [9.17, 15) is 4.79 Å². The van der Waals surface area contributed by atoms with E-state index in [1.54, 1.807) is 0 Å². The lowest BCUT2D eigenvalue weighted by Crippen LogP contribution is -2.60. The number of rotatable bonds is 4. The first-order valence-corrected chi connectivity index (χ1v) is 11.8. The van der Waals surface area contributed by atoms with Crippen LogP contribution in [0.2, 0.25) is 0 Å². The Morgan fingerprint density at radius 2 is 2.03 bits per heavy atom. The lowest BCUT2D eigenvalue weighted by Gasteiger charge is -2.50. The van der Waals surface area contributed by atoms with Crippen LogP contribution in [0.1, 0.15) is 43.2 Å². The van der Waals surface area contributed by atoms with Crippen molar-refractivity contribution in [2.75, 3.05) is 46.0 Å². The van der Waals surface area contributed by atoms with Crippen molar-refractivity contribution in [3.05, 3.63) is 29.3 Å². The van der Waals surface area contributed by atoms with Crippen LogP contribution in [0.5, 0.6) is 5.75 Å². The van der Waals surface area contributed by atoms with Crippen LogP contribution in [0.25, 0.3) is 0 Å². The van der Waals surface area contributed by atoms with Gasteiger partial charge in [0.2, 0.25) is 5.91 Å². The van der Waals surface area contributed by atoms with E-state index in [4.69, 9.17) is 9.47 Å². The van der Waals surface area contributed by atoms with E-state index in [0.717, 1.165) is 90.3 Å². The zero-order valence-corrected chi connectivity index (χ0v) is 20.4. The number of fused-ring (bicyclic) bond motifs is 2. The summed E-state index contributed by atoms with van der Waals surface area (Å²) in [5.74, 6) is 1.72. The van der Waals surface area contributed by atoms with Crippen LogP contribution < -0.4 is 15.4 Å². The Morgan fingerprint density at radius 1 is 1.19 bits per heavy atom. The molecule has 2 N–H and O–H groups in total. The van der Waals surface area contributed by atoms with Crippen molar-refractivity contribution < 1.29 is 14.3 Å². The molecule has 0 unspecified atom stereocenters. The van der Waals surface area contributed by atoms with Crippen molar-refractivity contribution in [2.45, 2.75) is 51.1 Å². The van der Waals surface area contributed by atoms with E-state index >= 15 is 0 Å². The third kappa shape index (κ3) is 5.20. The topological polar surface area (TPSA) is 62.8 Å². The van der Waals surface area contributed by atoms with Gasteiger partial charge in [0.05, 0.1) is 25.2 Å². The van der Waals surface area contributed by atoms with Crippen molar-refractivity contribution >= 4 is 30.7 Å². The average molecular weight is 486 g/mol. The molecule has 1 saturated carbocycles. The lowest BCUT2D eigenvalue weighted by atomic mass is 9.61. The van der Waals surface area contributed by atoms with Gasteiger partial charge in [-0.2, -0.15) is 0 Å². The Bertz CT molecular complexity index is 775. The molecule has 0 radical (unpaired) electrons. The van der Waals surface area contributed by atoms with Crippen molar-refractivity contribution in [2.24, 2.45) is 11.3 Å². The minimum absolute atomic E-state index is 0. The van der Waals surface area contributed by atoms with Crippen LogP contribution >= 0.6 is 24.8 Å². The molecule has 3 fully saturated rings. The maximum Gasteiger partial charge on any atom is 0.228 e. The van der Waals surface area contributed by atoms with Crippen LogP contribution in [0, 0.1) is 11.3 Å². The number of carbonyl (C=O) groups excluding carboxylic acids is 1. The molecule has 1 aromatic carbocycles. The van der Waals surface area contributed by atoms with E-state index in [1.165, 1.54) is 11.1 Å². The number of hydrogen-bond donors (Lipinski definition) is 2. The molecule has 4 aliphatic rings.